The fraction of sp³-hybridized carbons (Fsp3) is 0.571. The average molecular weight is 336 g/mol. The summed E-state index contributed by atoms with van der Waals surface area (Å²) >= 11 is 0. The van der Waals surface area contributed by atoms with Crippen LogP contribution in [0.4, 0.5) is 13.2 Å². The summed E-state index contributed by atoms with van der Waals surface area (Å²) in [5, 5.41) is 0. The maximum Gasteiger partial charge on any atom is 0.416 e. The fourth-order valence-electron chi connectivity index (χ4n) is 2.57. The Balaban J connectivity index is 1.86. The van der Waals surface area contributed by atoms with Gasteiger partial charge in [-0.2, -0.15) is 13.2 Å². The molecule has 1 aromatic carbocycles. The molecule has 1 saturated heterocycles. The van der Waals surface area contributed by atoms with E-state index in [-0.39, 0.29) is 6.04 Å². The third-order valence-corrected chi connectivity index (χ3v) is 4.42. The van der Waals surface area contributed by atoms with Crippen LogP contribution in [0.2, 0.25) is 0 Å². The summed E-state index contributed by atoms with van der Waals surface area (Å²) < 4.78 is 62.4. The minimum absolute atomic E-state index is 0.0566. The molecule has 1 aliphatic rings. The highest BCUT2D eigenvalue weighted by molar-refractivity contribution is 7.88. The first-order chi connectivity index (χ1) is 10.1. The van der Waals surface area contributed by atoms with E-state index in [2.05, 4.69) is 9.62 Å². The summed E-state index contributed by atoms with van der Waals surface area (Å²) in [5.74, 6) is 0. The maximum absolute atomic E-state index is 12.5. The number of nitrogens with one attached hydrogen (secondary N) is 1. The maximum atomic E-state index is 12.5. The molecule has 0 saturated carbocycles. The molecule has 1 N–H and O–H groups in total. The van der Waals surface area contributed by atoms with Gasteiger partial charge >= 0.3 is 6.18 Å². The Labute approximate surface area is 128 Å². The predicted octanol–water partition coefficient (Wildman–Crippen LogP) is 2.22. The van der Waals surface area contributed by atoms with Crippen molar-refractivity contribution < 1.29 is 21.6 Å². The molecule has 8 heteroatoms. The largest absolute Gasteiger partial charge is 0.416 e. The molecule has 22 heavy (non-hydrogen) atoms. The Morgan fingerprint density at radius 2 is 1.73 bits per heavy atom. The molecule has 1 aromatic rings. The van der Waals surface area contributed by atoms with Gasteiger partial charge in [0.05, 0.1) is 11.8 Å². The van der Waals surface area contributed by atoms with E-state index in [1.807, 2.05) is 0 Å². The van der Waals surface area contributed by atoms with E-state index >= 15 is 0 Å². The standard InChI is InChI=1S/C14H19F3N2O2S/c1-22(20,21)18-13-6-8-19(9-7-13)10-11-2-4-12(5-3-11)14(15,16)17/h2-5,13,18H,6-10H2,1H3. The van der Waals surface area contributed by atoms with Crippen LogP contribution in [0.15, 0.2) is 24.3 Å². The van der Waals surface area contributed by atoms with Crippen LogP contribution in [0.1, 0.15) is 24.0 Å². The number of hydrogen-bond acceptors (Lipinski definition) is 3. The van der Waals surface area contributed by atoms with Crippen LogP contribution in [0.5, 0.6) is 0 Å². The number of hydrogen-bond donors (Lipinski definition) is 1. The first-order valence-corrected chi connectivity index (χ1v) is 8.88. The van der Waals surface area contributed by atoms with Gasteiger partial charge in [-0.15, -0.1) is 0 Å². The molecular weight excluding hydrogens is 317 g/mol. The van der Waals surface area contributed by atoms with E-state index in [1.54, 1.807) is 0 Å². The van der Waals surface area contributed by atoms with Gasteiger partial charge in [-0.25, -0.2) is 13.1 Å². The smallest absolute Gasteiger partial charge is 0.299 e. The number of piperidine rings is 1. The SMILES string of the molecule is CS(=O)(=O)NC1CCN(Cc2ccc(C(F)(F)F)cc2)CC1. The van der Waals surface area contributed by atoms with Crippen LogP contribution in [0, 0.1) is 0 Å². The van der Waals surface area contributed by atoms with Gasteiger partial charge in [0, 0.05) is 25.7 Å². The van der Waals surface area contributed by atoms with Crippen molar-refractivity contribution in [3.05, 3.63) is 35.4 Å². The molecule has 0 aliphatic carbocycles. The van der Waals surface area contributed by atoms with Crippen LogP contribution in [-0.2, 0) is 22.7 Å². The lowest BCUT2D eigenvalue weighted by Crippen LogP contribution is -2.43. The molecule has 1 aliphatic heterocycles. The fourth-order valence-corrected chi connectivity index (χ4v) is 3.41. The zero-order valence-corrected chi connectivity index (χ0v) is 13.0. The van der Waals surface area contributed by atoms with Gasteiger partial charge in [-0.1, -0.05) is 12.1 Å². The lowest BCUT2D eigenvalue weighted by atomic mass is 10.0. The van der Waals surface area contributed by atoms with Gasteiger partial charge in [-0.3, -0.25) is 4.90 Å². The summed E-state index contributed by atoms with van der Waals surface area (Å²) in [4.78, 5) is 2.11. The van der Waals surface area contributed by atoms with Crippen LogP contribution in [0.25, 0.3) is 0 Å². The van der Waals surface area contributed by atoms with Crippen molar-refractivity contribution >= 4 is 10.0 Å². The second-order valence-corrected chi connectivity index (χ2v) is 7.42. The highest BCUT2D eigenvalue weighted by atomic mass is 32.2. The van der Waals surface area contributed by atoms with Gasteiger partial charge in [0.1, 0.15) is 0 Å². The van der Waals surface area contributed by atoms with Crippen molar-refractivity contribution in [1.29, 1.82) is 0 Å². The predicted molar refractivity (Wildman–Crippen MR) is 77.7 cm³/mol. The highest BCUT2D eigenvalue weighted by Gasteiger charge is 2.30. The molecule has 4 nitrogen and oxygen atoms in total. The Morgan fingerprint density at radius 3 is 2.18 bits per heavy atom. The van der Waals surface area contributed by atoms with E-state index < -0.39 is 21.8 Å². The minimum Gasteiger partial charge on any atom is -0.299 e. The summed E-state index contributed by atoms with van der Waals surface area (Å²) in [6, 6.07) is 5.10. The van der Waals surface area contributed by atoms with Crippen LogP contribution >= 0.6 is 0 Å². The van der Waals surface area contributed by atoms with E-state index in [0.29, 0.717) is 32.5 Å². The lowest BCUT2D eigenvalue weighted by Gasteiger charge is -2.32. The first-order valence-electron chi connectivity index (χ1n) is 6.99. The summed E-state index contributed by atoms with van der Waals surface area (Å²) in [6.45, 7) is 2.01. The van der Waals surface area contributed by atoms with Crippen molar-refractivity contribution in [3.8, 4) is 0 Å². The Bertz CT molecular complexity index is 592. The Morgan fingerprint density at radius 1 is 1.18 bits per heavy atom. The van der Waals surface area contributed by atoms with Crippen molar-refractivity contribution in [3.63, 3.8) is 0 Å². The molecule has 1 heterocycles. The van der Waals surface area contributed by atoms with Crippen molar-refractivity contribution in [1.82, 2.24) is 9.62 Å². The first kappa shape index (κ1) is 17.2. The highest BCUT2D eigenvalue weighted by Crippen LogP contribution is 2.29. The number of likely N-dealkylation sites (tertiary alicyclic amines) is 1. The molecule has 0 amide bonds. The van der Waals surface area contributed by atoms with Crippen molar-refractivity contribution in [2.45, 2.75) is 31.6 Å². The van der Waals surface area contributed by atoms with Gasteiger partial charge < -0.3 is 0 Å². The van der Waals surface area contributed by atoms with Crippen molar-refractivity contribution in [2.75, 3.05) is 19.3 Å². The second-order valence-electron chi connectivity index (χ2n) is 5.64. The molecule has 0 unspecified atom stereocenters. The van der Waals surface area contributed by atoms with Crippen LogP contribution in [-0.4, -0.2) is 38.7 Å². The van der Waals surface area contributed by atoms with Crippen LogP contribution < -0.4 is 4.72 Å². The van der Waals surface area contributed by atoms with Gasteiger partial charge in [0.2, 0.25) is 10.0 Å². The molecule has 124 valence electrons. The zero-order valence-electron chi connectivity index (χ0n) is 12.2. The monoisotopic (exact) mass is 336 g/mol. The Hall–Kier alpha value is -1.12. The Kier molecular flexibility index (Phi) is 5.14. The number of benzene rings is 1. The molecule has 2 rings (SSSR count). The molecule has 0 aromatic heterocycles. The van der Waals surface area contributed by atoms with Crippen molar-refractivity contribution in [2.24, 2.45) is 0 Å². The van der Waals surface area contributed by atoms with Crippen LogP contribution in [0.3, 0.4) is 0 Å². The number of rotatable bonds is 4. The lowest BCUT2D eigenvalue weighted by molar-refractivity contribution is -0.137. The average Bonchev–Trinajstić information content (AvgIpc) is 2.39. The number of nitrogens with zero attached hydrogens (tertiary/aromatic N) is 1. The van der Waals surface area contributed by atoms with Gasteiger partial charge in [0.15, 0.2) is 0 Å². The topological polar surface area (TPSA) is 49.4 Å². The van der Waals surface area contributed by atoms with E-state index in [9.17, 15) is 21.6 Å². The summed E-state index contributed by atoms with van der Waals surface area (Å²) in [7, 11) is -3.19. The van der Waals surface area contributed by atoms with Gasteiger partial charge in [0.25, 0.3) is 0 Å². The van der Waals surface area contributed by atoms with E-state index in [0.717, 1.165) is 24.0 Å². The molecule has 1 fully saturated rings. The number of sulfonamides is 1. The van der Waals surface area contributed by atoms with E-state index in [4.69, 9.17) is 0 Å². The normalized spacial score (nSPS) is 18.5. The van der Waals surface area contributed by atoms with E-state index in [1.165, 1.54) is 12.1 Å². The molecule has 0 radical (unpaired) electrons. The quantitative estimate of drug-likeness (QED) is 0.917. The second kappa shape index (κ2) is 6.55. The van der Waals surface area contributed by atoms with Gasteiger partial charge in [-0.05, 0) is 30.5 Å². The summed E-state index contributed by atoms with van der Waals surface area (Å²) in [6.07, 6.45) is -1.77. The molecule has 0 atom stereocenters. The minimum atomic E-state index is -4.31. The summed E-state index contributed by atoms with van der Waals surface area (Å²) in [5.41, 5.74) is 0.176. The number of halogens is 3. The number of alkyl halides is 3. The molecule has 0 bridgehead atoms. The third-order valence-electron chi connectivity index (χ3n) is 3.66. The molecule has 0 spiro atoms. The molecular formula is C14H19F3N2O2S. The third kappa shape index (κ3) is 5.26. The zero-order chi connectivity index (χ0) is 16.4.